The van der Waals surface area contributed by atoms with Gasteiger partial charge in [-0.1, -0.05) is 83.3 Å². The number of para-hydroxylation sites is 1. The van der Waals surface area contributed by atoms with Gasteiger partial charge in [-0.3, -0.25) is 9.59 Å². The Bertz CT molecular complexity index is 893. The van der Waals surface area contributed by atoms with Gasteiger partial charge in [0.25, 0.3) is 5.91 Å². The average molecular weight is 427 g/mol. The van der Waals surface area contributed by atoms with Crippen LogP contribution < -0.4 is 4.90 Å². The number of esters is 1. The van der Waals surface area contributed by atoms with Crippen molar-refractivity contribution < 1.29 is 14.3 Å². The summed E-state index contributed by atoms with van der Waals surface area (Å²) in [6.07, 6.45) is 0. The fourth-order valence-electron chi connectivity index (χ4n) is 3.21. The minimum atomic E-state index is -1.87. The normalized spacial score (nSPS) is 19.8. The number of fused-ring (bicyclic) bond motifs is 1. The molecule has 142 valence electrons. The van der Waals surface area contributed by atoms with E-state index in [9.17, 15) is 9.59 Å². The quantitative estimate of drug-likeness (QED) is 0.408. The third kappa shape index (κ3) is 3.00. The number of rotatable bonds is 3. The maximum Gasteiger partial charge on any atom is 0.331 e. The number of halogens is 3. The van der Waals surface area contributed by atoms with Crippen molar-refractivity contribution in [1.82, 2.24) is 0 Å². The van der Waals surface area contributed by atoms with Crippen LogP contribution in [0.1, 0.15) is 25.0 Å². The largest absolute Gasteiger partial charge is 0.454 e. The molecule has 2 aromatic rings. The molecule has 0 N–H and O–H groups in total. The molecular weight excluding hydrogens is 409 g/mol. The number of nitrogens with zero attached hydrogens (tertiary/aromatic N) is 1. The molecule has 0 fully saturated rings. The van der Waals surface area contributed by atoms with Crippen LogP contribution in [-0.2, 0) is 19.7 Å². The van der Waals surface area contributed by atoms with E-state index in [4.69, 9.17) is 39.5 Å². The van der Waals surface area contributed by atoms with Crippen molar-refractivity contribution in [2.24, 2.45) is 0 Å². The summed E-state index contributed by atoms with van der Waals surface area (Å²) in [7, 11) is 1.62. The Morgan fingerprint density at radius 1 is 1.00 bits per heavy atom. The standard InChI is InChI=1S/C20H18Cl3NO3/c1-18(2,20(21,22)23)27-17(26)19(13-9-5-4-6-10-13)14-11-7-8-12-15(14)24(3)16(19)25/h4-12H,1-3H3/t19-/m1/s1. The van der Waals surface area contributed by atoms with Crippen LogP contribution in [0.4, 0.5) is 5.69 Å². The van der Waals surface area contributed by atoms with E-state index in [1.807, 2.05) is 6.07 Å². The highest BCUT2D eigenvalue weighted by Gasteiger charge is 2.60. The summed E-state index contributed by atoms with van der Waals surface area (Å²) in [5.41, 5.74) is -1.45. The molecule has 0 spiro atoms. The zero-order valence-electron chi connectivity index (χ0n) is 15.0. The highest BCUT2D eigenvalue weighted by Crippen LogP contribution is 2.48. The van der Waals surface area contributed by atoms with Gasteiger partial charge in [-0.2, -0.15) is 0 Å². The maximum absolute atomic E-state index is 13.5. The first kappa shape index (κ1) is 20.0. The highest BCUT2D eigenvalue weighted by atomic mass is 35.6. The van der Waals surface area contributed by atoms with Crippen molar-refractivity contribution in [1.29, 1.82) is 0 Å². The van der Waals surface area contributed by atoms with Crippen molar-refractivity contribution >= 4 is 52.4 Å². The Morgan fingerprint density at radius 3 is 2.15 bits per heavy atom. The van der Waals surface area contributed by atoms with Gasteiger partial charge >= 0.3 is 5.97 Å². The molecule has 0 aromatic heterocycles. The van der Waals surface area contributed by atoms with Gasteiger partial charge in [0.2, 0.25) is 3.79 Å². The van der Waals surface area contributed by atoms with Crippen molar-refractivity contribution in [2.75, 3.05) is 11.9 Å². The molecule has 1 amide bonds. The van der Waals surface area contributed by atoms with E-state index in [1.165, 1.54) is 18.7 Å². The average Bonchev–Trinajstić information content (AvgIpc) is 2.83. The van der Waals surface area contributed by atoms with E-state index in [-0.39, 0.29) is 0 Å². The Kier molecular flexibility index (Phi) is 4.96. The van der Waals surface area contributed by atoms with Gasteiger partial charge in [0.15, 0.2) is 11.0 Å². The molecule has 0 aliphatic carbocycles. The zero-order valence-corrected chi connectivity index (χ0v) is 17.3. The van der Waals surface area contributed by atoms with Crippen molar-refractivity contribution in [3.63, 3.8) is 0 Å². The predicted molar refractivity (Wildman–Crippen MR) is 108 cm³/mol. The molecule has 0 saturated carbocycles. The second-order valence-electron chi connectivity index (χ2n) is 6.89. The van der Waals surface area contributed by atoms with Crippen LogP contribution in [0.25, 0.3) is 0 Å². The number of carbonyl (C=O) groups is 2. The first-order chi connectivity index (χ1) is 12.5. The number of hydrogen-bond acceptors (Lipinski definition) is 3. The van der Waals surface area contributed by atoms with Gasteiger partial charge in [-0.15, -0.1) is 0 Å². The summed E-state index contributed by atoms with van der Waals surface area (Å²) >= 11 is 18.0. The summed E-state index contributed by atoms with van der Waals surface area (Å²) in [5, 5.41) is 0. The second-order valence-corrected chi connectivity index (χ2v) is 9.18. The SMILES string of the molecule is CN1C(=O)[C@@](C(=O)OC(C)(C)C(Cl)(Cl)Cl)(c2ccccc2)c2ccccc21. The molecule has 27 heavy (non-hydrogen) atoms. The van der Waals surface area contributed by atoms with E-state index in [0.29, 0.717) is 16.8 Å². The van der Waals surface area contributed by atoms with Gasteiger partial charge < -0.3 is 9.64 Å². The van der Waals surface area contributed by atoms with E-state index in [1.54, 1.807) is 55.6 Å². The van der Waals surface area contributed by atoms with Gasteiger partial charge in [-0.05, 0) is 25.5 Å². The summed E-state index contributed by atoms with van der Waals surface area (Å²) < 4.78 is 3.77. The third-order valence-corrected chi connectivity index (χ3v) is 6.20. The number of alkyl halides is 3. The molecule has 0 saturated heterocycles. The predicted octanol–water partition coefficient (Wildman–Crippen LogP) is 4.64. The lowest BCUT2D eigenvalue weighted by Crippen LogP contribution is -2.52. The Morgan fingerprint density at radius 2 is 1.56 bits per heavy atom. The molecule has 7 heteroatoms. The lowest BCUT2D eigenvalue weighted by atomic mass is 9.75. The summed E-state index contributed by atoms with van der Waals surface area (Å²) in [6.45, 7) is 2.98. The lowest BCUT2D eigenvalue weighted by Gasteiger charge is -2.36. The van der Waals surface area contributed by atoms with E-state index in [2.05, 4.69) is 0 Å². The summed E-state index contributed by atoms with van der Waals surface area (Å²) in [4.78, 5) is 28.3. The van der Waals surface area contributed by atoms with Crippen molar-refractivity contribution in [3.8, 4) is 0 Å². The number of ether oxygens (including phenoxy) is 1. The molecule has 1 heterocycles. The molecule has 0 bridgehead atoms. The Labute approximate surface area is 173 Å². The van der Waals surface area contributed by atoms with Crippen LogP contribution in [0, 0.1) is 0 Å². The van der Waals surface area contributed by atoms with Crippen LogP contribution in [0.15, 0.2) is 54.6 Å². The van der Waals surface area contributed by atoms with Crippen LogP contribution in [0.3, 0.4) is 0 Å². The van der Waals surface area contributed by atoms with Crippen molar-refractivity contribution in [2.45, 2.75) is 28.7 Å². The van der Waals surface area contributed by atoms with E-state index >= 15 is 0 Å². The number of amides is 1. The molecule has 3 rings (SSSR count). The number of carbonyl (C=O) groups excluding carboxylic acids is 2. The van der Waals surface area contributed by atoms with Crippen LogP contribution >= 0.6 is 34.8 Å². The Hall–Kier alpha value is -1.75. The maximum atomic E-state index is 13.5. The molecule has 0 radical (unpaired) electrons. The molecule has 1 aliphatic rings. The topological polar surface area (TPSA) is 46.6 Å². The van der Waals surface area contributed by atoms with Gasteiger partial charge in [0.05, 0.1) is 0 Å². The highest BCUT2D eigenvalue weighted by molar-refractivity contribution is 6.68. The summed E-state index contributed by atoms with van der Waals surface area (Å²) in [5.74, 6) is -1.20. The minimum absolute atomic E-state index is 0.417. The van der Waals surface area contributed by atoms with E-state index < -0.39 is 26.7 Å². The first-order valence-electron chi connectivity index (χ1n) is 8.27. The number of anilines is 1. The van der Waals surface area contributed by atoms with Crippen LogP contribution in [0.2, 0.25) is 0 Å². The van der Waals surface area contributed by atoms with Gasteiger partial charge in [0, 0.05) is 18.3 Å². The molecule has 0 unspecified atom stereocenters. The van der Waals surface area contributed by atoms with Crippen LogP contribution in [0.5, 0.6) is 0 Å². The summed E-state index contributed by atoms with van der Waals surface area (Å²) in [6, 6.07) is 15.9. The zero-order chi connectivity index (χ0) is 20.0. The molecule has 1 aliphatic heterocycles. The first-order valence-corrected chi connectivity index (χ1v) is 9.40. The van der Waals surface area contributed by atoms with Crippen molar-refractivity contribution in [3.05, 3.63) is 65.7 Å². The molecule has 1 atom stereocenters. The number of benzene rings is 2. The fourth-order valence-corrected chi connectivity index (χ4v) is 3.32. The smallest absolute Gasteiger partial charge is 0.331 e. The molecule has 4 nitrogen and oxygen atoms in total. The fraction of sp³-hybridized carbons (Fsp3) is 0.300. The molecular formula is C20H18Cl3NO3. The monoisotopic (exact) mass is 425 g/mol. The molecule has 2 aromatic carbocycles. The number of likely N-dealkylation sites (N-methyl/N-ethyl adjacent to an activating group) is 1. The second kappa shape index (κ2) is 6.69. The minimum Gasteiger partial charge on any atom is -0.454 e. The lowest BCUT2D eigenvalue weighted by molar-refractivity contribution is -0.163. The van der Waals surface area contributed by atoms with Gasteiger partial charge in [0.1, 0.15) is 0 Å². The Balaban J connectivity index is 2.23. The third-order valence-electron chi connectivity index (χ3n) is 4.84. The number of hydrogen-bond donors (Lipinski definition) is 0. The van der Waals surface area contributed by atoms with Gasteiger partial charge in [-0.25, -0.2) is 0 Å². The van der Waals surface area contributed by atoms with E-state index in [0.717, 1.165) is 0 Å². The van der Waals surface area contributed by atoms with Crippen LogP contribution in [-0.4, -0.2) is 28.3 Å².